The minimum absolute atomic E-state index is 0.329. The third kappa shape index (κ3) is 2.40. The second kappa shape index (κ2) is 5.00. The number of carbonyl (C=O) groups excluding carboxylic acids is 1. The number of anilines is 1. The Bertz CT molecular complexity index is 583. The van der Waals surface area contributed by atoms with Gasteiger partial charge >= 0.3 is 5.97 Å². The van der Waals surface area contributed by atoms with Gasteiger partial charge in [0.25, 0.3) is 0 Å². The van der Waals surface area contributed by atoms with Crippen molar-refractivity contribution < 1.29 is 9.53 Å². The van der Waals surface area contributed by atoms with Gasteiger partial charge in [0.15, 0.2) is 0 Å². The van der Waals surface area contributed by atoms with Gasteiger partial charge in [-0.05, 0) is 26.0 Å². The van der Waals surface area contributed by atoms with Crippen molar-refractivity contribution >= 4 is 22.8 Å². The SMILES string of the molecule is COC(=O)C(C)Nc1nc2ccccc2nc1C. The lowest BCUT2D eigenvalue weighted by Crippen LogP contribution is -2.28. The van der Waals surface area contributed by atoms with Crippen LogP contribution >= 0.6 is 0 Å². The smallest absolute Gasteiger partial charge is 0.328 e. The molecule has 2 rings (SSSR count). The highest BCUT2D eigenvalue weighted by molar-refractivity contribution is 5.80. The van der Waals surface area contributed by atoms with E-state index in [0.717, 1.165) is 16.7 Å². The van der Waals surface area contributed by atoms with E-state index in [4.69, 9.17) is 0 Å². The third-order valence-corrected chi connectivity index (χ3v) is 2.65. The van der Waals surface area contributed by atoms with E-state index in [2.05, 4.69) is 20.0 Å². The Kier molecular flexibility index (Phi) is 3.41. The summed E-state index contributed by atoms with van der Waals surface area (Å²) >= 11 is 0. The van der Waals surface area contributed by atoms with Gasteiger partial charge in [-0.15, -0.1) is 0 Å². The minimum atomic E-state index is -0.454. The Morgan fingerprint density at radius 3 is 2.50 bits per heavy atom. The molecule has 1 N–H and O–H groups in total. The highest BCUT2D eigenvalue weighted by Gasteiger charge is 2.15. The van der Waals surface area contributed by atoms with Crippen LogP contribution in [0.2, 0.25) is 0 Å². The molecule has 1 aromatic heterocycles. The highest BCUT2D eigenvalue weighted by atomic mass is 16.5. The van der Waals surface area contributed by atoms with Crippen molar-refractivity contribution in [3.63, 3.8) is 0 Å². The highest BCUT2D eigenvalue weighted by Crippen LogP contribution is 2.16. The molecule has 2 aromatic rings. The first-order valence-corrected chi connectivity index (χ1v) is 5.69. The number of hydrogen-bond donors (Lipinski definition) is 1. The second-order valence-electron chi connectivity index (χ2n) is 4.04. The summed E-state index contributed by atoms with van der Waals surface area (Å²) in [6.07, 6.45) is 0. The van der Waals surface area contributed by atoms with Gasteiger partial charge < -0.3 is 10.1 Å². The number of fused-ring (bicyclic) bond motifs is 1. The Morgan fingerprint density at radius 1 is 1.28 bits per heavy atom. The predicted octanol–water partition coefficient (Wildman–Crippen LogP) is 1.91. The molecule has 0 aliphatic rings. The quantitative estimate of drug-likeness (QED) is 0.837. The number of ether oxygens (including phenoxy) is 1. The summed E-state index contributed by atoms with van der Waals surface area (Å²) in [6.45, 7) is 3.58. The van der Waals surface area contributed by atoms with Crippen LogP contribution in [0.15, 0.2) is 24.3 Å². The molecular formula is C13H15N3O2. The van der Waals surface area contributed by atoms with E-state index in [1.54, 1.807) is 6.92 Å². The summed E-state index contributed by atoms with van der Waals surface area (Å²) in [7, 11) is 1.36. The standard InChI is InChI=1S/C13H15N3O2/c1-8-12(15-9(2)13(17)18-3)16-11-7-5-4-6-10(11)14-8/h4-7,9H,1-3H3,(H,15,16). The average Bonchev–Trinajstić information content (AvgIpc) is 2.38. The number of hydrogen-bond acceptors (Lipinski definition) is 5. The van der Waals surface area contributed by atoms with Gasteiger partial charge in [0.05, 0.1) is 23.8 Å². The largest absolute Gasteiger partial charge is 0.467 e. The summed E-state index contributed by atoms with van der Waals surface area (Å²) in [5, 5.41) is 3.00. The lowest BCUT2D eigenvalue weighted by molar-refractivity contribution is -0.141. The van der Waals surface area contributed by atoms with Crippen molar-refractivity contribution in [3.05, 3.63) is 30.0 Å². The van der Waals surface area contributed by atoms with E-state index in [1.807, 2.05) is 31.2 Å². The molecule has 0 aliphatic heterocycles. The maximum atomic E-state index is 11.4. The average molecular weight is 245 g/mol. The second-order valence-corrected chi connectivity index (χ2v) is 4.04. The van der Waals surface area contributed by atoms with Gasteiger partial charge in [-0.25, -0.2) is 14.8 Å². The molecule has 94 valence electrons. The van der Waals surface area contributed by atoms with Crippen molar-refractivity contribution in [1.29, 1.82) is 0 Å². The fraction of sp³-hybridized carbons (Fsp3) is 0.308. The minimum Gasteiger partial charge on any atom is -0.467 e. The van der Waals surface area contributed by atoms with Gasteiger partial charge in [-0.1, -0.05) is 12.1 Å². The molecule has 1 unspecified atom stereocenters. The first-order chi connectivity index (χ1) is 8.61. The molecule has 0 bridgehead atoms. The van der Waals surface area contributed by atoms with Crippen molar-refractivity contribution in [3.8, 4) is 0 Å². The zero-order valence-electron chi connectivity index (χ0n) is 10.6. The first-order valence-electron chi connectivity index (χ1n) is 5.69. The molecule has 18 heavy (non-hydrogen) atoms. The number of para-hydroxylation sites is 2. The molecule has 0 radical (unpaired) electrons. The first kappa shape index (κ1) is 12.3. The molecular weight excluding hydrogens is 230 g/mol. The molecule has 1 atom stereocenters. The van der Waals surface area contributed by atoms with Crippen LogP contribution < -0.4 is 5.32 Å². The van der Waals surface area contributed by atoms with Crippen LogP contribution in [0.1, 0.15) is 12.6 Å². The molecule has 1 aromatic carbocycles. The van der Waals surface area contributed by atoms with Crippen LogP contribution in [0.3, 0.4) is 0 Å². The fourth-order valence-electron chi connectivity index (χ4n) is 1.67. The van der Waals surface area contributed by atoms with Crippen LogP contribution in [0, 0.1) is 6.92 Å². The number of aryl methyl sites for hydroxylation is 1. The van der Waals surface area contributed by atoms with Crippen LogP contribution in [0.4, 0.5) is 5.82 Å². The van der Waals surface area contributed by atoms with Crippen molar-refractivity contribution in [2.24, 2.45) is 0 Å². The number of benzene rings is 1. The molecule has 0 saturated heterocycles. The molecule has 5 nitrogen and oxygen atoms in total. The number of nitrogens with zero attached hydrogens (tertiary/aromatic N) is 2. The van der Waals surface area contributed by atoms with Crippen LogP contribution in [0.25, 0.3) is 11.0 Å². The summed E-state index contributed by atoms with van der Waals surface area (Å²) in [4.78, 5) is 20.2. The van der Waals surface area contributed by atoms with E-state index in [0.29, 0.717) is 5.82 Å². The summed E-state index contributed by atoms with van der Waals surface area (Å²) in [6, 6.07) is 7.16. The maximum absolute atomic E-state index is 11.4. The number of methoxy groups -OCH3 is 1. The van der Waals surface area contributed by atoms with Crippen LogP contribution in [-0.2, 0) is 9.53 Å². The van der Waals surface area contributed by atoms with Crippen molar-refractivity contribution in [1.82, 2.24) is 9.97 Å². The Hall–Kier alpha value is -2.17. The third-order valence-electron chi connectivity index (χ3n) is 2.65. The Labute approximate surface area is 105 Å². The van der Waals surface area contributed by atoms with Crippen molar-refractivity contribution in [2.45, 2.75) is 19.9 Å². The summed E-state index contributed by atoms with van der Waals surface area (Å²) in [5.74, 6) is 0.274. The van der Waals surface area contributed by atoms with Crippen LogP contribution in [-0.4, -0.2) is 29.1 Å². The Morgan fingerprint density at radius 2 is 1.89 bits per heavy atom. The lowest BCUT2D eigenvalue weighted by Gasteiger charge is -2.14. The molecule has 0 saturated carbocycles. The normalized spacial score (nSPS) is 12.2. The van der Waals surface area contributed by atoms with E-state index in [-0.39, 0.29) is 5.97 Å². The molecule has 1 heterocycles. The van der Waals surface area contributed by atoms with Crippen molar-refractivity contribution in [2.75, 3.05) is 12.4 Å². The molecule has 0 spiro atoms. The number of carbonyl (C=O) groups is 1. The van der Waals surface area contributed by atoms with Gasteiger partial charge in [-0.2, -0.15) is 0 Å². The molecule has 0 amide bonds. The van der Waals surface area contributed by atoms with E-state index in [1.165, 1.54) is 7.11 Å². The number of nitrogens with one attached hydrogen (secondary N) is 1. The number of esters is 1. The number of rotatable bonds is 3. The zero-order chi connectivity index (χ0) is 13.1. The molecule has 0 fully saturated rings. The molecule has 5 heteroatoms. The summed E-state index contributed by atoms with van der Waals surface area (Å²) in [5.41, 5.74) is 2.39. The fourth-order valence-corrected chi connectivity index (χ4v) is 1.67. The summed E-state index contributed by atoms with van der Waals surface area (Å²) < 4.78 is 4.66. The monoisotopic (exact) mass is 245 g/mol. The zero-order valence-corrected chi connectivity index (χ0v) is 10.6. The number of aromatic nitrogens is 2. The van der Waals surface area contributed by atoms with E-state index >= 15 is 0 Å². The topological polar surface area (TPSA) is 64.1 Å². The maximum Gasteiger partial charge on any atom is 0.328 e. The van der Waals surface area contributed by atoms with Crippen LogP contribution in [0.5, 0.6) is 0 Å². The van der Waals surface area contributed by atoms with E-state index < -0.39 is 6.04 Å². The lowest BCUT2D eigenvalue weighted by atomic mass is 10.2. The predicted molar refractivity (Wildman–Crippen MR) is 69.4 cm³/mol. The van der Waals surface area contributed by atoms with Gasteiger partial charge in [-0.3, -0.25) is 0 Å². The van der Waals surface area contributed by atoms with Gasteiger partial charge in [0.2, 0.25) is 0 Å². The van der Waals surface area contributed by atoms with Gasteiger partial charge in [0.1, 0.15) is 11.9 Å². The molecule has 0 aliphatic carbocycles. The van der Waals surface area contributed by atoms with Gasteiger partial charge in [0, 0.05) is 0 Å². The Balaban J connectivity index is 2.33. The van der Waals surface area contributed by atoms with E-state index in [9.17, 15) is 4.79 Å².